The summed E-state index contributed by atoms with van der Waals surface area (Å²) in [5.41, 5.74) is 3.63. The molecular formula is C17H17N. The van der Waals surface area contributed by atoms with Crippen LogP contribution in [0.4, 0.5) is 0 Å². The van der Waals surface area contributed by atoms with Crippen LogP contribution in [0.1, 0.15) is 31.0 Å². The second kappa shape index (κ2) is 4.09. The number of hydrogen-bond acceptors (Lipinski definition) is 1. The smallest absolute Gasteiger partial charge is 0.0786 e. The number of aromatic nitrogens is 1. The van der Waals surface area contributed by atoms with Gasteiger partial charge in [-0.2, -0.15) is 0 Å². The van der Waals surface area contributed by atoms with Crippen LogP contribution < -0.4 is 0 Å². The molecule has 18 heavy (non-hydrogen) atoms. The van der Waals surface area contributed by atoms with Gasteiger partial charge in [0, 0.05) is 16.5 Å². The normalized spacial score (nSPS) is 11.6. The van der Waals surface area contributed by atoms with Crippen molar-refractivity contribution >= 4 is 21.7 Å². The summed E-state index contributed by atoms with van der Waals surface area (Å²) in [6.07, 6.45) is 0. The molecule has 0 spiro atoms. The third-order valence-corrected chi connectivity index (χ3v) is 3.52. The summed E-state index contributed by atoms with van der Waals surface area (Å²) in [7, 11) is 0. The highest BCUT2D eigenvalue weighted by atomic mass is 14.7. The molecule has 0 atom stereocenters. The van der Waals surface area contributed by atoms with Crippen molar-refractivity contribution in [2.45, 2.75) is 26.7 Å². The first-order valence-electron chi connectivity index (χ1n) is 6.46. The van der Waals surface area contributed by atoms with Crippen LogP contribution in [0, 0.1) is 6.92 Å². The van der Waals surface area contributed by atoms with Crippen LogP contribution in [0.15, 0.2) is 42.5 Å². The van der Waals surface area contributed by atoms with Crippen LogP contribution in [0.2, 0.25) is 0 Å². The van der Waals surface area contributed by atoms with Gasteiger partial charge in [0.05, 0.1) is 5.52 Å². The zero-order chi connectivity index (χ0) is 12.7. The maximum absolute atomic E-state index is 4.86. The van der Waals surface area contributed by atoms with E-state index in [1.165, 1.54) is 27.4 Å². The van der Waals surface area contributed by atoms with Crippen LogP contribution in [0.25, 0.3) is 21.7 Å². The fourth-order valence-electron chi connectivity index (χ4n) is 2.45. The van der Waals surface area contributed by atoms with E-state index in [1.807, 2.05) is 0 Å². The molecule has 0 aliphatic rings. The molecule has 0 N–H and O–H groups in total. The number of benzene rings is 2. The number of pyridine rings is 1. The molecule has 0 radical (unpaired) electrons. The average molecular weight is 235 g/mol. The summed E-state index contributed by atoms with van der Waals surface area (Å²) in [6, 6.07) is 15.0. The van der Waals surface area contributed by atoms with Gasteiger partial charge in [-0.05, 0) is 29.9 Å². The minimum atomic E-state index is 0.465. The summed E-state index contributed by atoms with van der Waals surface area (Å²) in [5.74, 6) is 0.465. The van der Waals surface area contributed by atoms with Gasteiger partial charge in [-0.3, -0.25) is 4.98 Å². The minimum Gasteiger partial charge on any atom is -0.252 e. The first kappa shape index (κ1) is 11.2. The zero-order valence-electron chi connectivity index (χ0n) is 11.1. The maximum atomic E-state index is 4.86. The second-order valence-corrected chi connectivity index (χ2v) is 5.20. The second-order valence-electron chi connectivity index (χ2n) is 5.20. The standard InChI is InChI=1S/C17H17N/c1-11(2)16-10-12(3)14-9-8-13-6-4-5-7-15(13)17(14)18-16/h4-11H,1-3H3. The third kappa shape index (κ3) is 1.67. The molecule has 0 bridgehead atoms. The van der Waals surface area contributed by atoms with E-state index < -0.39 is 0 Å². The summed E-state index contributed by atoms with van der Waals surface area (Å²) < 4.78 is 0. The van der Waals surface area contributed by atoms with Gasteiger partial charge in [0.25, 0.3) is 0 Å². The van der Waals surface area contributed by atoms with Gasteiger partial charge in [0.15, 0.2) is 0 Å². The lowest BCUT2D eigenvalue weighted by Gasteiger charge is -2.11. The van der Waals surface area contributed by atoms with Gasteiger partial charge in [-0.25, -0.2) is 0 Å². The first-order chi connectivity index (χ1) is 8.66. The molecule has 1 heteroatoms. The lowest BCUT2D eigenvalue weighted by molar-refractivity contribution is 0.829. The highest BCUT2D eigenvalue weighted by Gasteiger charge is 2.08. The van der Waals surface area contributed by atoms with E-state index in [9.17, 15) is 0 Å². The third-order valence-electron chi connectivity index (χ3n) is 3.52. The van der Waals surface area contributed by atoms with E-state index in [0.29, 0.717) is 5.92 Å². The molecule has 1 aromatic heterocycles. The van der Waals surface area contributed by atoms with E-state index in [-0.39, 0.29) is 0 Å². The molecule has 0 aliphatic heterocycles. The molecule has 0 aliphatic carbocycles. The molecule has 0 amide bonds. The number of rotatable bonds is 1. The van der Waals surface area contributed by atoms with E-state index in [0.717, 1.165) is 5.52 Å². The Morgan fingerprint density at radius 3 is 2.50 bits per heavy atom. The van der Waals surface area contributed by atoms with Crippen LogP contribution in [0.3, 0.4) is 0 Å². The van der Waals surface area contributed by atoms with Crippen molar-refractivity contribution in [1.29, 1.82) is 0 Å². The molecular weight excluding hydrogens is 218 g/mol. The quantitative estimate of drug-likeness (QED) is 0.551. The molecule has 90 valence electrons. The molecule has 1 heterocycles. The highest BCUT2D eigenvalue weighted by molar-refractivity contribution is 6.06. The summed E-state index contributed by atoms with van der Waals surface area (Å²) in [5, 5.41) is 3.77. The monoisotopic (exact) mass is 235 g/mol. The van der Waals surface area contributed by atoms with E-state index >= 15 is 0 Å². The largest absolute Gasteiger partial charge is 0.252 e. The summed E-state index contributed by atoms with van der Waals surface area (Å²) in [6.45, 7) is 6.56. The molecule has 1 nitrogen and oxygen atoms in total. The lowest BCUT2D eigenvalue weighted by Crippen LogP contribution is -1.95. The van der Waals surface area contributed by atoms with Crippen molar-refractivity contribution < 1.29 is 0 Å². The number of hydrogen-bond donors (Lipinski definition) is 0. The molecule has 0 unspecified atom stereocenters. The van der Waals surface area contributed by atoms with Crippen LogP contribution >= 0.6 is 0 Å². The van der Waals surface area contributed by atoms with Crippen LogP contribution in [-0.4, -0.2) is 4.98 Å². The fraction of sp³-hybridized carbons (Fsp3) is 0.235. The topological polar surface area (TPSA) is 12.9 Å². The van der Waals surface area contributed by atoms with Gasteiger partial charge < -0.3 is 0 Å². The van der Waals surface area contributed by atoms with E-state index in [1.54, 1.807) is 0 Å². The fourth-order valence-corrected chi connectivity index (χ4v) is 2.45. The lowest BCUT2D eigenvalue weighted by atomic mass is 10.00. The summed E-state index contributed by atoms with van der Waals surface area (Å²) >= 11 is 0. The van der Waals surface area contributed by atoms with Crippen LogP contribution in [0.5, 0.6) is 0 Å². The highest BCUT2D eigenvalue weighted by Crippen LogP contribution is 2.28. The Morgan fingerprint density at radius 1 is 0.944 bits per heavy atom. The molecule has 0 saturated carbocycles. The van der Waals surface area contributed by atoms with Gasteiger partial charge in [-0.15, -0.1) is 0 Å². The van der Waals surface area contributed by atoms with Crippen molar-refractivity contribution in [1.82, 2.24) is 4.98 Å². The Labute approximate surface area is 107 Å². The Hall–Kier alpha value is -1.89. The molecule has 3 aromatic rings. The number of aryl methyl sites for hydroxylation is 1. The van der Waals surface area contributed by atoms with E-state index in [4.69, 9.17) is 4.98 Å². The number of fused-ring (bicyclic) bond motifs is 3. The van der Waals surface area contributed by atoms with Gasteiger partial charge in [0.1, 0.15) is 0 Å². The zero-order valence-corrected chi connectivity index (χ0v) is 11.1. The Balaban J connectivity index is 2.48. The Kier molecular flexibility index (Phi) is 2.55. The van der Waals surface area contributed by atoms with Gasteiger partial charge >= 0.3 is 0 Å². The molecule has 0 fully saturated rings. The predicted octanol–water partition coefficient (Wildman–Crippen LogP) is 4.82. The number of nitrogens with zero attached hydrogens (tertiary/aromatic N) is 1. The maximum Gasteiger partial charge on any atom is 0.0786 e. The first-order valence-corrected chi connectivity index (χ1v) is 6.46. The van der Waals surface area contributed by atoms with E-state index in [2.05, 4.69) is 63.2 Å². The predicted molar refractivity (Wildman–Crippen MR) is 78.1 cm³/mol. The van der Waals surface area contributed by atoms with Crippen molar-refractivity contribution in [3.05, 3.63) is 53.7 Å². The van der Waals surface area contributed by atoms with Crippen molar-refractivity contribution in [3.8, 4) is 0 Å². The molecule has 2 aromatic carbocycles. The van der Waals surface area contributed by atoms with Gasteiger partial charge in [-0.1, -0.05) is 50.2 Å². The van der Waals surface area contributed by atoms with Crippen molar-refractivity contribution in [2.24, 2.45) is 0 Å². The SMILES string of the molecule is Cc1cc(C(C)C)nc2c1ccc1ccccc12. The Morgan fingerprint density at radius 2 is 1.72 bits per heavy atom. The van der Waals surface area contributed by atoms with Crippen LogP contribution in [-0.2, 0) is 0 Å². The summed E-state index contributed by atoms with van der Waals surface area (Å²) in [4.78, 5) is 4.86. The minimum absolute atomic E-state index is 0.465. The molecule has 0 saturated heterocycles. The molecule has 3 rings (SSSR count). The Bertz CT molecular complexity index is 726. The van der Waals surface area contributed by atoms with Crippen molar-refractivity contribution in [3.63, 3.8) is 0 Å². The average Bonchev–Trinajstić information content (AvgIpc) is 2.38. The van der Waals surface area contributed by atoms with Gasteiger partial charge in [0.2, 0.25) is 0 Å². The van der Waals surface area contributed by atoms with Crippen molar-refractivity contribution in [2.75, 3.05) is 0 Å².